The quantitative estimate of drug-likeness (QED) is 0.182. The third-order valence-electron chi connectivity index (χ3n) is 6.26. The van der Waals surface area contributed by atoms with Crippen molar-refractivity contribution in [1.29, 1.82) is 0 Å². The monoisotopic (exact) mass is 573 g/mol. The molecule has 1 saturated carbocycles. The van der Waals surface area contributed by atoms with E-state index in [1.54, 1.807) is 14.2 Å². The number of hydrogen-bond acceptors (Lipinski definition) is 5. The first-order chi connectivity index (χ1) is 15.5. The average Bonchev–Trinajstić information content (AvgIpc) is 3.14. The van der Waals surface area contributed by atoms with E-state index < -0.39 is 0 Å². The number of hydrogen-bond donors (Lipinski definition) is 3. The molecule has 1 aliphatic heterocycles. The lowest BCUT2D eigenvalue weighted by molar-refractivity contribution is -0.124. The van der Waals surface area contributed by atoms with Crippen molar-refractivity contribution in [3.8, 4) is 11.5 Å². The standard InChI is InChI=1S/C23H35N5O4.HI/c1-4-24-21(25-12-13-28-20(29)15-26-22(28)30)27-16-23(10-6-5-7-11-23)17-8-9-18(31-2)19(14-17)32-3;/h8-9,14H,4-7,10-13,15-16H2,1-3H3,(H,26,30)(H2,24,25,27);1H. The van der Waals surface area contributed by atoms with Crippen LogP contribution in [0, 0.1) is 0 Å². The number of guanidine groups is 1. The second-order valence-corrected chi connectivity index (χ2v) is 8.24. The summed E-state index contributed by atoms with van der Waals surface area (Å²) in [4.78, 5) is 29.6. The number of methoxy groups -OCH3 is 2. The molecule has 2 fully saturated rings. The van der Waals surface area contributed by atoms with E-state index in [2.05, 4.69) is 28.1 Å². The predicted molar refractivity (Wildman–Crippen MR) is 139 cm³/mol. The van der Waals surface area contributed by atoms with Crippen LogP contribution < -0.4 is 25.4 Å². The molecule has 0 spiro atoms. The number of carbonyl (C=O) groups is 2. The van der Waals surface area contributed by atoms with Crippen molar-refractivity contribution >= 4 is 41.9 Å². The number of ether oxygens (including phenoxy) is 2. The molecule has 1 heterocycles. The minimum Gasteiger partial charge on any atom is -0.493 e. The Balaban J connectivity index is 0.00000385. The lowest BCUT2D eigenvalue weighted by Crippen LogP contribution is -2.44. The van der Waals surface area contributed by atoms with Crippen LogP contribution in [0.15, 0.2) is 23.2 Å². The van der Waals surface area contributed by atoms with Crippen LogP contribution in [-0.2, 0) is 10.2 Å². The minimum atomic E-state index is -0.339. The molecule has 0 bridgehead atoms. The normalized spacial score (nSPS) is 17.8. The number of imide groups is 1. The Bertz CT molecular complexity index is 826. The maximum atomic E-state index is 11.8. The molecular formula is C23H36IN5O4. The first kappa shape index (κ1) is 27.0. The predicted octanol–water partition coefficient (Wildman–Crippen LogP) is 2.63. The number of urea groups is 1. The number of nitrogens with zero attached hydrogens (tertiary/aromatic N) is 2. The molecule has 2 aliphatic rings. The highest BCUT2D eigenvalue weighted by Crippen LogP contribution is 2.42. The van der Waals surface area contributed by atoms with E-state index in [9.17, 15) is 9.59 Å². The zero-order chi connectivity index (χ0) is 23.0. The fourth-order valence-corrected chi connectivity index (χ4v) is 4.47. The Morgan fingerprint density at radius 3 is 2.45 bits per heavy atom. The van der Waals surface area contributed by atoms with Gasteiger partial charge in [0.25, 0.3) is 0 Å². The van der Waals surface area contributed by atoms with E-state index >= 15 is 0 Å². The summed E-state index contributed by atoms with van der Waals surface area (Å²) in [6.07, 6.45) is 5.70. The van der Waals surface area contributed by atoms with Crippen LogP contribution in [0.5, 0.6) is 11.5 Å². The highest BCUT2D eigenvalue weighted by atomic mass is 127. The van der Waals surface area contributed by atoms with Gasteiger partial charge in [0.15, 0.2) is 17.5 Å². The van der Waals surface area contributed by atoms with Crippen LogP contribution in [0.1, 0.15) is 44.6 Å². The molecule has 0 radical (unpaired) electrons. The third kappa shape index (κ3) is 6.64. The van der Waals surface area contributed by atoms with Crippen LogP contribution in [0.25, 0.3) is 0 Å². The van der Waals surface area contributed by atoms with Gasteiger partial charge in [0.2, 0.25) is 5.91 Å². The summed E-state index contributed by atoms with van der Waals surface area (Å²) in [6.45, 7) is 4.18. The Morgan fingerprint density at radius 1 is 1.12 bits per heavy atom. The Labute approximate surface area is 213 Å². The number of halogens is 1. The van der Waals surface area contributed by atoms with Crippen molar-refractivity contribution in [3.05, 3.63) is 23.8 Å². The molecule has 1 saturated heterocycles. The fraction of sp³-hybridized carbons (Fsp3) is 0.609. The summed E-state index contributed by atoms with van der Waals surface area (Å²) >= 11 is 0. The van der Waals surface area contributed by atoms with E-state index in [4.69, 9.17) is 14.5 Å². The van der Waals surface area contributed by atoms with E-state index in [0.29, 0.717) is 25.6 Å². The first-order valence-corrected chi connectivity index (χ1v) is 11.4. The highest BCUT2D eigenvalue weighted by molar-refractivity contribution is 14.0. The van der Waals surface area contributed by atoms with Gasteiger partial charge in [-0.3, -0.25) is 14.7 Å². The molecule has 1 aromatic carbocycles. The molecule has 9 nitrogen and oxygen atoms in total. The molecule has 1 aliphatic carbocycles. The molecule has 0 unspecified atom stereocenters. The van der Waals surface area contributed by atoms with Crippen molar-refractivity contribution in [2.45, 2.75) is 44.4 Å². The van der Waals surface area contributed by atoms with Gasteiger partial charge in [0.05, 0.1) is 27.3 Å². The lowest BCUT2D eigenvalue weighted by atomic mass is 9.69. The zero-order valence-electron chi connectivity index (χ0n) is 19.7. The maximum Gasteiger partial charge on any atom is 0.324 e. The van der Waals surface area contributed by atoms with Crippen LogP contribution in [0.2, 0.25) is 0 Å². The third-order valence-corrected chi connectivity index (χ3v) is 6.26. The van der Waals surface area contributed by atoms with Crippen molar-refractivity contribution in [1.82, 2.24) is 20.9 Å². The van der Waals surface area contributed by atoms with Crippen LogP contribution in [-0.4, -0.2) is 69.7 Å². The van der Waals surface area contributed by atoms with Crippen LogP contribution >= 0.6 is 24.0 Å². The summed E-state index contributed by atoms with van der Waals surface area (Å²) in [6, 6.07) is 5.83. The molecule has 0 atom stereocenters. The molecule has 1 aromatic rings. The van der Waals surface area contributed by atoms with Crippen molar-refractivity contribution in [2.24, 2.45) is 4.99 Å². The van der Waals surface area contributed by atoms with Gasteiger partial charge >= 0.3 is 6.03 Å². The van der Waals surface area contributed by atoms with Crippen molar-refractivity contribution < 1.29 is 19.1 Å². The fourth-order valence-electron chi connectivity index (χ4n) is 4.47. The Hall–Kier alpha value is -2.24. The molecule has 0 aromatic heterocycles. The molecule has 10 heteroatoms. The van der Waals surface area contributed by atoms with Gasteiger partial charge in [-0.1, -0.05) is 25.3 Å². The van der Waals surface area contributed by atoms with E-state index in [-0.39, 0.29) is 47.9 Å². The average molecular weight is 573 g/mol. The molecule has 184 valence electrons. The number of rotatable bonds is 9. The minimum absolute atomic E-state index is 0. The zero-order valence-corrected chi connectivity index (χ0v) is 22.1. The molecule has 3 N–H and O–H groups in total. The van der Waals surface area contributed by atoms with Crippen LogP contribution in [0.3, 0.4) is 0 Å². The topological polar surface area (TPSA) is 104 Å². The van der Waals surface area contributed by atoms with Crippen molar-refractivity contribution in [2.75, 3.05) is 46.9 Å². The van der Waals surface area contributed by atoms with E-state index in [1.807, 2.05) is 13.0 Å². The number of aliphatic imine (C=N–C) groups is 1. The number of nitrogens with one attached hydrogen (secondary N) is 3. The lowest BCUT2D eigenvalue weighted by Gasteiger charge is -2.37. The number of carbonyl (C=O) groups excluding carboxylic acids is 2. The molecule has 33 heavy (non-hydrogen) atoms. The van der Waals surface area contributed by atoms with Crippen molar-refractivity contribution in [3.63, 3.8) is 0 Å². The number of amides is 3. The van der Waals surface area contributed by atoms with E-state index in [0.717, 1.165) is 30.9 Å². The maximum absolute atomic E-state index is 11.8. The Morgan fingerprint density at radius 2 is 1.85 bits per heavy atom. The SMILES string of the molecule is CCNC(=NCC1(c2ccc(OC)c(OC)c2)CCCCC1)NCCN1C(=O)CNC1=O.I. The molecule has 3 rings (SSSR count). The highest BCUT2D eigenvalue weighted by Gasteiger charge is 2.35. The summed E-state index contributed by atoms with van der Waals surface area (Å²) in [5.41, 5.74) is 1.15. The van der Waals surface area contributed by atoms with Gasteiger partial charge in [-0.2, -0.15) is 0 Å². The van der Waals surface area contributed by atoms with Gasteiger partial charge in [0, 0.05) is 25.0 Å². The largest absolute Gasteiger partial charge is 0.493 e. The van der Waals surface area contributed by atoms with E-state index in [1.165, 1.54) is 29.7 Å². The summed E-state index contributed by atoms with van der Waals surface area (Å²) in [7, 11) is 3.30. The molecule has 3 amide bonds. The smallest absolute Gasteiger partial charge is 0.324 e. The second kappa shape index (κ2) is 12.9. The summed E-state index contributed by atoms with van der Waals surface area (Å²) in [5, 5.41) is 9.06. The Kier molecular flexibility index (Phi) is 10.5. The van der Waals surface area contributed by atoms with Gasteiger partial charge in [-0.25, -0.2) is 4.79 Å². The first-order valence-electron chi connectivity index (χ1n) is 11.4. The number of benzene rings is 1. The van der Waals surface area contributed by atoms with Crippen LogP contribution in [0.4, 0.5) is 4.79 Å². The molecular weight excluding hydrogens is 537 g/mol. The summed E-state index contributed by atoms with van der Waals surface area (Å²) < 4.78 is 11.0. The second-order valence-electron chi connectivity index (χ2n) is 8.24. The van der Waals surface area contributed by atoms with Gasteiger partial charge in [0.1, 0.15) is 0 Å². The van der Waals surface area contributed by atoms with Gasteiger partial charge in [-0.15, -0.1) is 24.0 Å². The summed E-state index contributed by atoms with van der Waals surface area (Å²) in [5.74, 6) is 1.94. The van der Waals surface area contributed by atoms with Gasteiger partial charge < -0.3 is 25.4 Å². The van der Waals surface area contributed by atoms with Gasteiger partial charge in [-0.05, 0) is 37.5 Å².